The predicted octanol–water partition coefficient (Wildman–Crippen LogP) is 4.25. The van der Waals surface area contributed by atoms with E-state index in [9.17, 15) is 0 Å². The zero-order valence-electron chi connectivity index (χ0n) is 12.8. The van der Waals surface area contributed by atoms with Gasteiger partial charge in [-0.25, -0.2) is 0 Å². The van der Waals surface area contributed by atoms with Crippen LogP contribution >= 0.6 is 0 Å². The normalized spacial score (nSPS) is 16.8. The third-order valence-corrected chi connectivity index (χ3v) is 4.10. The van der Waals surface area contributed by atoms with Gasteiger partial charge in [-0.1, -0.05) is 6.07 Å². The Bertz CT molecular complexity index is 652. The summed E-state index contributed by atoms with van der Waals surface area (Å²) >= 11 is 0. The summed E-state index contributed by atoms with van der Waals surface area (Å²) in [5, 5.41) is 3.62. The number of aryl methyl sites for hydroxylation is 2. The zero-order chi connectivity index (χ0) is 14.8. The van der Waals surface area contributed by atoms with Gasteiger partial charge in [-0.2, -0.15) is 0 Å². The Morgan fingerprint density at radius 3 is 2.71 bits per heavy atom. The highest BCUT2D eigenvalue weighted by atomic mass is 16.5. The number of hydrogen-bond donors (Lipinski definition) is 1. The van der Waals surface area contributed by atoms with Crippen LogP contribution < -0.4 is 14.8 Å². The van der Waals surface area contributed by atoms with Gasteiger partial charge in [-0.05, 0) is 55.3 Å². The highest BCUT2D eigenvalue weighted by molar-refractivity contribution is 5.52. The van der Waals surface area contributed by atoms with Crippen LogP contribution in [0.3, 0.4) is 0 Å². The largest absolute Gasteiger partial charge is 0.497 e. The van der Waals surface area contributed by atoms with E-state index in [1.165, 1.54) is 16.7 Å². The maximum absolute atomic E-state index is 5.74. The first kappa shape index (κ1) is 13.8. The van der Waals surface area contributed by atoms with E-state index in [1.54, 1.807) is 7.11 Å². The van der Waals surface area contributed by atoms with E-state index in [-0.39, 0.29) is 6.04 Å². The van der Waals surface area contributed by atoms with Crippen LogP contribution in [-0.4, -0.2) is 13.7 Å². The Hall–Kier alpha value is -2.16. The standard InChI is InChI=1S/C18H21NO2/c1-12-4-5-14(10-13(12)2)19-17-8-9-21-18-7-6-15(20-3)11-16(17)18/h4-7,10-11,17,19H,8-9H2,1-3H3. The SMILES string of the molecule is COc1ccc2c(c1)C(Nc1ccc(C)c(C)c1)CCO2. The van der Waals surface area contributed by atoms with E-state index in [0.29, 0.717) is 0 Å². The minimum absolute atomic E-state index is 0.256. The summed E-state index contributed by atoms with van der Waals surface area (Å²) in [6.07, 6.45) is 0.951. The third-order valence-electron chi connectivity index (χ3n) is 4.10. The van der Waals surface area contributed by atoms with Gasteiger partial charge in [-0.3, -0.25) is 0 Å². The first-order valence-corrected chi connectivity index (χ1v) is 7.32. The fourth-order valence-electron chi connectivity index (χ4n) is 2.68. The fraction of sp³-hybridized carbons (Fsp3) is 0.333. The molecule has 0 aliphatic carbocycles. The molecule has 3 heteroatoms. The summed E-state index contributed by atoms with van der Waals surface area (Å²) < 4.78 is 11.1. The van der Waals surface area contributed by atoms with Gasteiger partial charge in [0.15, 0.2) is 0 Å². The lowest BCUT2D eigenvalue weighted by molar-refractivity contribution is 0.273. The molecule has 3 nitrogen and oxygen atoms in total. The van der Waals surface area contributed by atoms with Crippen molar-refractivity contribution in [3.63, 3.8) is 0 Å². The Labute approximate surface area is 125 Å². The second kappa shape index (κ2) is 5.68. The van der Waals surface area contributed by atoms with Crippen LogP contribution in [0, 0.1) is 13.8 Å². The van der Waals surface area contributed by atoms with E-state index in [0.717, 1.165) is 30.2 Å². The average molecular weight is 283 g/mol. The molecule has 0 aromatic heterocycles. The summed E-state index contributed by atoms with van der Waals surface area (Å²) in [6, 6.07) is 12.7. The summed E-state index contributed by atoms with van der Waals surface area (Å²) in [5.41, 5.74) is 4.94. The molecule has 2 aromatic rings. The van der Waals surface area contributed by atoms with Crippen LogP contribution in [0.4, 0.5) is 5.69 Å². The lowest BCUT2D eigenvalue weighted by atomic mass is 9.99. The molecule has 1 unspecified atom stereocenters. The second-order valence-electron chi connectivity index (χ2n) is 5.54. The van der Waals surface area contributed by atoms with Crippen molar-refractivity contribution in [1.82, 2.24) is 0 Å². The van der Waals surface area contributed by atoms with Crippen molar-refractivity contribution in [1.29, 1.82) is 0 Å². The van der Waals surface area contributed by atoms with Crippen molar-refractivity contribution in [3.8, 4) is 11.5 Å². The molecular formula is C18H21NO2. The van der Waals surface area contributed by atoms with Crippen LogP contribution in [0.2, 0.25) is 0 Å². The number of nitrogens with one attached hydrogen (secondary N) is 1. The molecule has 1 N–H and O–H groups in total. The van der Waals surface area contributed by atoms with Crippen molar-refractivity contribution in [2.45, 2.75) is 26.3 Å². The van der Waals surface area contributed by atoms with Gasteiger partial charge >= 0.3 is 0 Å². The molecule has 0 fully saturated rings. The molecule has 21 heavy (non-hydrogen) atoms. The first-order chi connectivity index (χ1) is 10.2. The number of ether oxygens (including phenoxy) is 2. The van der Waals surface area contributed by atoms with Crippen LogP contribution in [0.1, 0.15) is 29.2 Å². The number of benzene rings is 2. The third kappa shape index (κ3) is 2.82. The first-order valence-electron chi connectivity index (χ1n) is 7.32. The lowest BCUT2D eigenvalue weighted by Crippen LogP contribution is -2.20. The van der Waals surface area contributed by atoms with E-state index >= 15 is 0 Å². The van der Waals surface area contributed by atoms with Crippen molar-refractivity contribution < 1.29 is 9.47 Å². The molecule has 1 aliphatic heterocycles. The average Bonchev–Trinajstić information content (AvgIpc) is 2.51. The summed E-state index contributed by atoms with van der Waals surface area (Å²) in [6.45, 7) is 5.01. The zero-order valence-corrected chi connectivity index (χ0v) is 12.8. The highest BCUT2D eigenvalue weighted by Crippen LogP contribution is 2.36. The Morgan fingerprint density at radius 2 is 1.95 bits per heavy atom. The molecule has 1 atom stereocenters. The number of rotatable bonds is 3. The molecular weight excluding hydrogens is 262 g/mol. The summed E-state index contributed by atoms with van der Waals surface area (Å²) in [7, 11) is 1.69. The van der Waals surface area contributed by atoms with Crippen molar-refractivity contribution in [2.24, 2.45) is 0 Å². The van der Waals surface area contributed by atoms with Crippen LogP contribution in [0.25, 0.3) is 0 Å². The monoisotopic (exact) mass is 283 g/mol. The van der Waals surface area contributed by atoms with Crippen molar-refractivity contribution >= 4 is 5.69 Å². The Balaban J connectivity index is 1.88. The van der Waals surface area contributed by atoms with Gasteiger partial charge in [0.1, 0.15) is 11.5 Å². The smallest absolute Gasteiger partial charge is 0.124 e. The minimum Gasteiger partial charge on any atom is -0.497 e. The Kier molecular flexibility index (Phi) is 3.74. The van der Waals surface area contributed by atoms with E-state index in [2.05, 4.69) is 43.4 Å². The van der Waals surface area contributed by atoms with Gasteiger partial charge in [-0.15, -0.1) is 0 Å². The Morgan fingerprint density at radius 1 is 1.10 bits per heavy atom. The van der Waals surface area contributed by atoms with Crippen LogP contribution in [0.5, 0.6) is 11.5 Å². The predicted molar refractivity (Wildman–Crippen MR) is 85.4 cm³/mol. The minimum atomic E-state index is 0.256. The molecule has 1 heterocycles. The van der Waals surface area contributed by atoms with Gasteiger partial charge in [0.25, 0.3) is 0 Å². The van der Waals surface area contributed by atoms with E-state index in [4.69, 9.17) is 9.47 Å². The molecule has 110 valence electrons. The number of methoxy groups -OCH3 is 1. The fourth-order valence-corrected chi connectivity index (χ4v) is 2.68. The quantitative estimate of drug-likeness (QED) is 0.913. The second-order valence-corrected chi connectivity index (χ2v) is 5.54. The van der Waals surface area contributed by atoms with Gasteiger partial charge in [0.2, 0.25) is 0 Å². The highest BCUT2D eigenvalue weighted by Gasteiger charge is 2.22. The van der Waals surface area contributed by atoms with Gasteiger partial charge in [0.05, 0.1) is 19.8 Å². The summed E-state index contributed by atoms with van der Waals surface area (Å²) in [5.74, 6) is 1.81. The molecule has 0 bridgehead atoms. The molecule has 3 rings (SSSR count). The van der Waals surface area contributed by atoms with Crippen molar-refractivity contribution in [2.75, 3.05) is 19.0 Å². The topological polar surface area (TPSA) is 30.5 Å². The molecule has 2 aromatic carbocycles. The molecule has 1 aliphatic rings. The molecule has 0 saturated carbocycles. The number of hydrogen-bond acceptors (Lipinski definition) is 3. The summed E-state index contributed by atoms with van der Waals surface area (Å²) in [4.78, 5) is 0. The van der Waals surface area contributed by atoms with Crippen molar-refractivity contribution in [3.05, 3.63) is 53.1 Å². The molecule has 0 amide bonds. The van der Waals surface area contributed by atoms with E-state index in [1.807, 2.05) is 12.1 Å². The number of anilines is 1. The molecule has 0 radical (unpaired) electrons. The molecule has 0 saturated heterocycles. The van der Waals surface area contributed by atoms with Gasteiger partial charge < -0.3 is 14.8 Å². The maximum atomic E-state index is 5.74. The lowest BCUT2D eigenvalue weighted by Gasteiger charge is -2.28. The van der Waals surface area contributed by atoms with Crippen LogP contribution in [0.15, 0.2) is 36.4 Å². The maximum Gasteiger partial charge on any atom is 0.124 e. The number of fused-ring (bicyclic) bond motifs is 1. The molecule has 0 spiro atoms. The van der Waals surface area contributed by atoms with Crippen LogP contribution in [-0.2, 0) is 0 Å². The van der Waals surface area contributed by atoms with Gasteiger partial charge in [0, 0.05) is 17.7 Å². The van der Waals surface area contributed by atoms with E-state index < -0.39 is 0 Å².